The van der Waals surface area contributed by atoms with Crippen LogP contribution in [-0.2, 0) is 19.7 Å². The Balaban J connectivity index is 1.56. The Kier molecular flexibility index (Phi) is 3.83. The Morgan fingerprint density at radius 3 is 2.80 bits per heavy atom. The molecule has 2 saturated heterocycles. The normalized spacial score (nSPS) is 35.5. The third kappa shape index (κ3) is 2.87. The maximum Gasteiger partial charge on any atom is 0.281 e. The Morgan fingerprint density at radius 2 is 2.15 bits per heavy atom. The first-order chi connectivity index (χ1) is 9.41. The largest absolute Gasteiger partial charge is 0.375 e. The molecule has 0 aromatic rings. The van der Waals surface area contributed by atoms with Gasteiger partial charge < -0.3 is 9.47 Å². The summed E-state index contributed by atoms with van der Waals surface area (Å²) >= 11 is 0. The Labute approximate surface area is 121 Å². The minimum atomic E-state index is -3.33. The molecule has 3 rings (SSSR count). The van der Waals surface area contributed by atoms with Crippen LogP contribution in [0.1, 0.15) is 25.7 Å². The summed E-state index contributed by atoms with van der Waals surface area (Å²) in [6.07, 6.45) is 4.29. The van der Waals surface area contributed by atoms with Crippen LogP contribution in [0.3, 0.4) is 0 Å². The topological polar surface area (TPSA) is 59.1 Å². The maximum absolute atomic E-state index is 12.1. The summed E-state index contributed by atoms with van der Waals surface area (Å²) in [4.78, 5) is 0. The molecule has 0 N–H and O–H groups in total. The van der Waals surface area contributed by atoms with Crippen molar-refractivity contribution in [3.05, 3.63) is 0 Å². The second kappa shape index (κ2) is 5.21. The first-order valence-electron chi connectivity index (χ1n) is 7.34. The van der Waals surface area contributed by atoms with Crippen molar-refractivity contribution in [2.45, 2.75) is 37.4 Å². The fraction of sp³-hybridized carbons (Fsp3) is 1.00. The number of nitrogens with zero attached hydrogens (tertiary/aromatic N) is 2. The predicted molar refractivity (Wildman–Crippen MR) is 74.6 cm³/mol. The van der Waals surface area contributed by atoms with Gasteiger partial charge in [0.15, 0.2) is 0 Å². The fourth-order valence-corrected chi connectivity index (χ4v) is 4.17. The van der Waals surface area contributed by atoms with E-state index in [1.165, 1.54) is 21.5 Å². The summed E-state index contributed by atoms with van der Waals surface area (Å²) in [5, 5.41) is 0. The summed E-state index contributed by atoms with van der Waals surface area (Å²) < 4.78 is 38.9. The van der Waals surface area contributed by atoms with Gasteiger partial charge in [-0.3, -0.25) is 0 Å². The third-order valence-corrected chi connectivity index (χ3v) is 6.40. The Hall–Kier alpha value is -0.210. The van der Waals surface area contributed by atoms with Crippen molar-refractivity contribution in [2.75, 3.05) is 40.4 Å². The highest BCUT2D eigenvalue weighted by atomic mass is 32.2. The van der Waals surface area contributed by atoms with E-state index in [-0.39, 0.29) is 11.7 Å². The van der Waals surface area contributed by atoms with Gasteiger partial charge in [-0.05, 0) is 25.2 Å². The van der Waals surface area contributed by atoms with Crippen molar-refractivity contribution in [2.24, 2.45) is 5.92 Å². The molecule has 2 atom stereocenters. The molecule has 2 heterocycles. The molecule has 0 bridgehead atoms. The van der Waals surface area contributed by atoms with Crippen LogP contribution in [0.25, 0.3) is 0 Å². The summed E-state index contributed by atoms with van der Waals surface area (Å²) in [6, 6.07) is 0. The van der Waals surface area contributed by atoms with E-state index >= 15 is 0 Å². The van der Waals surface area contributed by atoms with Gasteiger partial charge in [0.1, 0.15) is 0 Å². The minimum Gasteiger partial charge on any atom is -0.375 e. The molecule has 116 valence electrons. The lowest BCUT2D eigenvalue weighted by molar-refractivity contribution is 0.00412. The molecule has 2 aliphatic heterocycles. The highest BCUT2D eigenvalue weighted by Crippen LogP contribution is 2.38. The molecule has 0 radical (unpaired) electrons. The zero-order chi connectivity index (χ0) is 14.4. The van der Waals surface area contributed by atoms with Gasteiger partial charge in [-0.1, -0.05) is 0 Å². The van der Waals surface area contributed by atoms with Gasteiger partial charge in [0.2, 0.25) is 0 Å². The fourth-order valence-electron chi connectivity index (χ4n) is 2.99. The van der Waals surface area contributed by atoms with Gasteiger partial charge in [-0.2, -0.15) is 17.0 Å². The lowest BCUT2D eigenvalue weighted by atomic mass is 9.98. The van der Waals surface area contributed by atoms with Crippen LogP contribution >= 0.6 is 0 Å². The summed E-state index contributed by atoms with van der Waals surface area (Å²) in [5.74, 6) is 0.751. The highest BCUT2D eigenvalue weighted by Gasteiger charge is 2.49. The van der Waals surface area contributed by atoms with Crippen molar-refractivity contribution in [3.63, 3.8) is 0 Å². The Morgan fingerprint density at radius 1 is 1.40 bits per heavy atom. The monoisotopic (exact) mass is 304 g/mol. The van der Waals surface area contributed by atoms with Crippen molar-refractivity contribution in [1.29, 1.82) is 0 Å². The van der Waals surface area contributed by atoms with E-state index in [4.69, 9.17) is 9.47 Å². The second-order valence-electron chi connectivity index (χ2n) is 6.47. The van der Waals surface area contributed by atoms with Crippen LogP contribution in [0.15, 0.2) is 0 Å². The lowest BCUT2D eigenvalue weighted by Crippen LogP contribution is -2.41. The van der Waals surface area contributed by atoms with Gasteiger partial charge in [0, 0.05) is 40.2 Å². The molecule has 3 fully saturated rings. The summed E-state index contributed by atoms with van der Waals surface area (Å²) in [5.41, 5.74) is -0.322. The molecule has 0 unspecified atom stereocenters. The predicted octanol–water partition coefficient (Wildman–Crippen LogP) is 0.453. The number of hydrogen-bond acceptors (Lipinski definition) is 4. The average Bonchev–Trinajstić information content (AvgIpc) is 3.00. The smallest absolute Gasteiger partial charge is 0.281 e. The maximum atomic E-state index is 12.1. The molecule has 1 aliphatic carbocycles. The van der Waals surface area contributed by atoms with Crippen LogP contribution in [0.5, 0.6) is 0 Å². The SMILES string of the molecule is CN(C)S(=O)(=O)N1CC[C@]2(C[C@@H](OCC3CC3)CO2)C1. The van der Waals surface area contributed by atoms with E-state index in [0.717, 1.165) is 25.4 Å². The zero-order valence-corrected chi connectivity index (χ0v) is 13.1. The van der Waals surface area contributed by atoms with Crippen LogP contribution < -0.4 is 0 Å². The molecule has 0 aromatic heterocycles. The zero-order valence-electron chi connectivity index (χ0n) is 12.2. The number of hydrogen-bond donors (Lipinski definition) is 0. The van der Waals surface area contributed by atoms with Crippen molar-refractivity contribution in [3.8, 4) is 0 Å². The molecule has 7 heteroatoms. The quantitative estimate of drug-likeness (QED) is 0.740. The highest BCUT2D eigenvalue weighted by molar-refractivity contribution is 7.86. The van der Waals surface area contributed by atoms with E-state index in [1.54, 1.807) is 14.1 Å². The van der Waals surface area contributed by atoms with Crippen molar-refractivity contribution < 1.29 is 17.9 Å². The van der Waals surface area contributed by atoms with E-state index in [0.29, 0.717) is 19.7 Å². The van der Waals surface area contributed by atoms with Gasteiger partial charge in [-0.15, -0.1) is 0 Å². The van der Waals surface area contributed by atoms with E-state index in [1.807, 2.05) is 0 Å². The number of rotatable bonds is 5. The molecular weight excluding hydrogens is 280 g/mol. The van der Waals surface area contributed by atoms with Crippen LogP contribution in [0, 0.1) is 5.92 Å². The molecule has 0 amide bonds. The molecule has 20 heavy (non-hydrogen) atoms. The summed E-state index contributed by atoms with van der Waals surface area (Å²) in [6.45, 7) is 2.43. The molecule has 0 aromatic carbocycles. The van der Waals surface area contributed by atoms with Crippen LogP contribution in [-0.4, -0.2) is 69.1 Å². The first-order valence-corrected chi connectivity index (χ1v) is 8.74. The van der Waals surface area contributed by atoms with E-state index in [2.05, 4.69) is 0 Å². The molecular formula is C13H24N2O4S. The lowest BCUT2D eigenvalue weighted by Gasteiger charge is -2.24. The standard InChI is InChI=1S/C13H24N2O4S/c1-14(2)20(16,17)15-6-5-13(10-15)7-12(9-19-13)18-8-11-3-4-11/h11-12H,3-10H2,1-2H3/t12-,13+/m1/s1. The van der Waals surface area contributed by atoms with Gasteiger partial charge in [0.25, 0.3) is 10.2 Å². The van der Waals surface area contributed by atoms with E-state index in [9.17, 15) is 8.42 Å². The minimum absolute atomic E-state index is 0.137. The summed E-state index contributed by atoms with van der Waals surface area (Å²) in [7, 11) is -0.194. The van der Waals surface area contributed by atoms with Crippen molar-refractivity contribution in [1.82, 2.24) is 8.61 Å². The van der Waals surface area contributed by atoms with Gasteiger partial charge in [-0.25, -0.2) is 0 Å². The Bertz CT molecular complexity index is 463. The van der Waals surface area contributed by atoms with Gasteiger partial charge >= 0.3 is 0 Å². The number of ether oxygens (including phenoxy) is 2. The molecule has 6 nitrogen and oxygen atoms in total. The van der Waals surface area contributed by atoms with Gasteiger partial charge in [0.05, 0.1) is 18.3 Å². The average molecular weight is 304 g/mol. The van der Waals surface area contributed by atoms with Crippen LogP contribution in [0.4, 0.5) is 0 Å². The van der Waals surface area contributed by atoms with Crippen molar-refractivity contribution >= 4 is 10.2 Å². The third-order valence-electron chi connectivity index (χ3n) is 4.51. The second-order valence-corrected chi connectivity index (χ2v) is 8.61. The molecule has 1 saturated carbocycles. The van der Waals surface area contributed by atoms with E-state index < -0.39 is 10.2 Å². The first kappa shape index (κ1) is 14.7. The molecule has 3 aliphatic rings. The van der Waals surface area contributed by atoms with Crippen LogP contribution in [0.2, 0.25) is 0 Å². The molecule has 1 spiro atoms.